The Morgan fingerprint density at radius 1 is 1.35 bits per heavy atom. The van der Waals surface area contributed by atoms with Gasteiger partial charge in [-0.3, -0.25) is 4.79 Å². The van der Waals surface area contributed by atoms with Crippen molar-refractivity contribution in [2.75, 3.05) is 0 Å². The van der Waals surface area contributed by atoms with E-state index in [1.807, 2.05) is 13.8 Å². The van der Waals surface area contributed by atoms with Gasteiger partial charge in [-0.15, -0.1) is 0 Å². The molecule has 23 heavy (non-hydrogen) atoms. The van der Waals surface area contributed by atoms with Crippen LogP contribution in [0, 0.1) is 0 Å². The quantitative estimate of drug-likeness (QED) is 0.701. The normalized spacial score (nSPS) is 12.0. The maximum atomic E-state index is 12.1. The van der Waals surface area contributed by atoms with Crippen LogP contribution >= 0.6 is 0 Å². The van der Waals surface area contributed by atoms with E-state index < -0.39 is 17.9 Å². The number of H-pyrrole nitrogens is 1. The highest BCUT2D eigenvalue weighted by Crippen LogP contribution is 2.10. The monoisotopic (exact) mass is 318 g/mol. The first-order valence-corrected chi connectivity index (χ1v) is 7.09. The first-order chi connectivity index (χ1) is 11.0. The van der Waals surface area contributed by atoms with Crippen LogP contribution in [0.4, 0.5) is 0 Å². The van der Waals surface area contributed by atoms with Gasteiger partial charge in [-0.2, -0.15) is 0 Å². The van der Waals surface area contributed by atoms with E-state index in [0.29, 0.717) is 11.6 Å². The molecular formula is C15H18N4O4. The molecule has 1 atom stereocenters. The lowest BCUT2D eigenvalue weighted by atomic mass is 10.1. The number of carbonyl (C=O) groups excluding carboxylic acids is 1. The fraction of sp³-hybridized carbons (Fsp3) is 0.333. The van der Waals surface area contributed by atoms with Gasteiger partial charge >= 0.3 is 5.97 Å². The Bertz CT molecular complexity index is 653. The van der Waals surface area contributed by atoms with E-state index in [9.17, 15) is 14.7 Å². The van der Waals surface area contributed by atoms with Crippen LogP contribution in [-0.4, -0.2) is 44.1 Å². The second-order valence-corrected chi connectivity index (χ2v) is 5.20. The van der Waals surface area contributed by atoms with E-state index >= 15 is 0 Å². The molecule has 0 saturated carbocycles. The van der Waals surface area contributed by atoms with Gasteiger partial charge in [-0.1, -0.05) is 0 Å². The number of hydrogen-bond acceptors (Lipinski definition) is 5. The number of imidazole rings is 1. The van der Waals surface area contributed by atoms with Gasteiger partial charge in [0.05, 0.1) is 18.0 Å². The molecule has 2 aromatic heterocycles. The Hall–Kier alpha value is -2.90. The van der Waals surface area contributed by atoms with Crippen LogP contribution in [0.3, 0.4) is 0 Å². The summed E-state index contributed by atoms with van der Waals surface area (Å²) in [5.74, 6) is -1.23. The van der Waals surface area contributed by atoms with Gasteiger partial charge < -0.3 is 20.1 Å². The van der Waals surface area contributed by atoms with Crippen LogP contribution in [0.15, 0.2) is 30.9 Å². The lowest BCUT2D eigenvalue weighted by Gasteiger charge is -2.14. The van der Waals surface area contributed by atoms with Gasteiger partial charge in [-0.25, -0.2) is 14.8 Å². The maximum absolute atomic E-state index is 12.1. The fourth-order valence-electron chi connectivity index (χ4n) is 1.88. The van der Waals surface area contributed by atoms with Crippen LogP contribution in [0.1, 0.15) is 29.9 Å². The van der Waals surface area contributed by atoms with E-state index in [-0.39, 0.29) is 18.1 Å². The van der Waals surface area contributed by atoms with Gasteiger partial charge in [0.15, 0.2) is 0 Å². The van der Waals surface area contributed by atoms with Crippen molar-refractivity contribution >= 4 is 11.9 Å². The first kappa shape index (κ1) is 16.5. The molecule has 0 aliphatic carbocycles. The summed E-state index contributed by atoms with van der Waals surface area (Å²) >= 11 is 0. The van der Waals surface area contributed by atoms with E-state index in [2.05, 4.69) is 20.3 Å². The third-order valence-electron chi connectivity index (χ3n) is 2.94. The Kier molecular flexibility index (Phi) is 5.29. The van der Waals surface area contributed by atoms with Crippen molar-refractivity contribution in [1.82, 2.24) is 20.3 Å². The number of pyridine rings is 1. The van der Waals surface area contributed by atoms with Crippen LogP contribution < -0.4 is 10.1 Å². The van der Waals surface area contributed by atoms with Crippen molar-refractivity contribution in [1.29, 1.82) is 0 Å². The molecular weight excluding hydrogens is 300 g/mol. The highest BCUT2D eigenvalue weighted by molar-refractivity contribution is 5.96. The number of amides is 1. The third-order valence-corrected chi connectivity index (χ3v) is 2.94. The molecule has 0 aliphatic rings. The molecule has 0 bridgehead atoms. The van der Waals surface area contributed by atoms with Gasteiger partial charge in [0, 0.05) is 30.6 Å². The molecule has 3 N–H and O–H groups in total. The summed E-state index contributed by atoms with van der Waals surface area (Å²) in [5.41, 5.74) is 0.883. The maximum Gasteiger partial charge on any atom is 0.326 e. The van der Waals surface area contributed by atoms with Gasteiger partial charge in [0.1, 0.15) is 6.04 Å². The Morgan fingerprint density at radius 2 is 2.13 bits per heavy atom. The number of nitrogens with one attached hydrogen (secondary N) is 2. The number of nitrogens with zero attached hydrogens (tertiary/aromatic N) is 2. The summed E-state index contributed by atoms with van der Waals surface area (Å²) in [6.45, 7) is 3.74. The standard InChI is InChI=1S/C15H18N4O4/c1-9(2)23-13-4-3-10(6-17-13)14(20)19-12(15(21)22)5-11-7-16-8-18-11/h3-4,6-9,12H,5H2,1-2H3,(H,16,18)(H,19,20)(H,21,22)/t12-/m1/s1. The zero-order chi connectivity index (χ0) is 16.8. The average Bonchev–Trinajstić information content (AvgIpc) is 2.99. The van der Waals surface area contributed by atoms with Crippen molar-refractivity contribution in [2.45, 2.75) is 32.4 Å². The zero-order valence-corrected chi connectivity index (χ0v) is 12.8. The van der Waals surface area contributed by atoms with Gasteiger partial charge in [0.25, 0.3) is 5.91 Å². The average molecular weight is 318 g/mol. The van der Waals surface area contributed by atoms with E-state index in [4.69, 9.17) is 4.74 Å². The molecule has 2 rings (SSSR count). The fourth-order valence-corrected chi connectivity index (χ4v) is 1.88. The van der Waals surface area contributed by atoms with Crippen LogP contribution in [-0.2, 0) is 11.2 Å². The number of aromatic nitrogens is 3. The summed E-state index contributed by atoms with van der Waals surface area (Å²) in [7, 11) is 0. The number of ether oxygens (including phenoxy) is 1. The lowest BCUT2D eigenvalue weighted by Crippen LogP contribution is -2.42. The molecule has 1 amide bonds. The number of carboxylic acids is 1. The zero-order valence-electron chi connectivity index (χ0n) is 12.8. The van der Waals surface area contributed by atoms with Crippen molar-refractivity contribution < 1.29 is 19.4 Å². The number of carboxylic acid groups (broad SMARTS) is 1. The molecule has 122 valence electrons. The van der Waals surface area contributed by atoms with Crippen molar-refractivity contribution in [2.24, 2.45) is 0 Å². The number of rotatable bonds is 7. The molecule has 0 saturated heterocycles. The summed E-state index contributed by atoms with van der Waals surface area (Å²) in [4.78, 5) is 34.1. The first-order valence-electron chi connectivity index (χ1n) is 7.09. The molecule has 0 aromatic carbocycles. The second-order valence-electron chi connectivity index (χ2n) is 5.20. The van der Waals surface area contributed by atoms with E-state index in [1.54, 1.807) is 6.07 Å². The predicted octanol–water partition coefficient (Wildman–Crippen LogP) is 1.02. The van der Waals surface area contributed by atoms with Crippen LogP contribution in [0.2, 0.25) is 0 Å². The molecule has 2 aromatic rings. The molecule has 2 heterocycles. The molecule has 0 aliphatic heterocycles. The Morgan fingerprint density at radius 3 is 2.65 bits per heavy atom. The smallest absolute Gasteiger partial charge is 0.326 e. The number of aromatic amines is 1. The molecule has 0 radical (unpaired) electrons. The summed E-state index contributed by atoms with van der Waals surface area (Å²) < 4.78 is 5.39. The predicted molar refractivity (Wildman–Crippen MR) is 81.2 cm³/mol. The van der Waals surface area contributed by atoms with Crippen LogP contribution in [0.25, 0.3) is 0 Å². The van der Waals surface area contributed by atoms with E-state index in [1.165, 1.54) is 24.8 Å². The minimum Gasteiger partial charge on any atom is -0.480 e. The highest BCUT2D eigenvalue weighted by atomic mass is 16.5. The van der Waals surface area contributed by atoms with Gasteiger partial charge in [0.2, 0.25) is 5.88 Å². The van der Waals surface area contributed by atoms with E-state index in [0.717, 1.165) is 0 Å². The number of aliphatic carboxylic acids is 1. The van der Waals surface area contributed by atoms with Crippen LogP contribution in [0.5, 0.6) is 5.88 Å². The summed E-state index contributed by atoms with van der Waals surface area (Å²) in [6, 6.07) is 2.05. The topological polar surface area (TPSA) is 117 Å². The number of carbonyl (C=O) groups is 2. The number of hydrogen-bond donors (Lipinski definition) is 3. The lowest BCUT2D eigenvalue weighted by molar-refractivity contribution is -0.139. The van der Waals surface area contributed by atoms with Crippen molar-refractivity contribution in [3.63, 3.8) is 0 Å². The minimum atomic E-state index is -1.12. The molecule has 0 fully saturated rings. The summed E-state index contributed by atoms with van der Waals surface area (Å²) in [6.07, 6.45) is 4.41. The Balaban J connectivity index is 2.02. The summed E-state index contributed by atoms with van der Waals surface area (Å²) in [5, 5.41) is 11.7. The van der Waals surface area contributed by atoms with Crippen molar-refractivity contribution in [3.05, 3.63) is 42.1 Å². The Labute approximate surface area is 132 Å². The highest BCUT2D eigenvalue weighted by Gasteiger charge is 2.22. The molecule has 0 unspecified atom stereocenters. The molecule has 8 nitrogen and oxygen atoms in total. The van der Waals surface area contributed by atoms with Gasteiger partial charge in [-0.05, 0) is 19.9 Å². The molecule has 8 heteroatoms. The molecule has 0 spiro atoms. The second kappa shape index (κ2) is 7.39. The SMILES string of the molecule is CC(C)Oc1ccc(C(=O)N[C@H](Cc2cnc[nH]2)C(=O)O)cn1. The van der Waals surface area contributed by atoms with Crippen molar-refractivity contribution in [3.8, 4) is 5.88 Å². The largest absolute Gasteiger partial charge is 0.480 e. The third kappa shape index (κ3) is 4.80. The minimum absolute atomic E-state index is 0.0204.